The van der Waals surface area contributed by atoms with Crippen LogP contribution < -0.4 is 0 Å². The molecule has 0 aliphatic rings. The van der Waals surface area contributed by atoms with Crippen LogP contribution in [0.2, 0.25) is 5.15 Å². The van der Waals surface area contributed by atoms with Gasteiger partial charge in [-0.2, -0.15) is 13.2 Å². The second kappa shape index (κ2) is 6.88. The molecule has 27 heavy (non-hydrogen) atoms. The molecule has 3 aromatic rings. The number of halogens is 5. The molecule has 0 aliphatic heterocycles. The zero-order chi connectivity index (χ0) is 20.0. The van der Waals surface area contributed by atoms with Gasteiger partial charge in [0.15, 0.2) is 5.15 Å². The molecule has 0 atom stereocenters. The summed E-state index contributed by atoms with van der Waals surface area (Å²) in [5.41, 5.74) is -0.246. The quantitative estimate of drug-likeness (QED) is 0.510. The lowest BCUT2D eigenvalue weighted by molar-refractivity contribution is -0.177. The molecule has 0 fully saturated rings. The SMILES string of the molecule is CC(C)(O)Cn1c(COCC(F)(F)F)nc2c(Cl)nc3cc(F)ccc3c21. The van der Waals surface area contributed by atoms with Crippen LogP contribution in [0.25, 0.3) is 21.9 Å². The van der Waals surface area contributed by atoms with Crippen molar-refractivity contribution in [3.8, 4) is 0 Å². The van der Waals surface area contributed by atoms with Gasteiger partial charge in [-0.3, -0.25) is 0 Å². The van der Waals surface area contributed by atoms with Crippen molar-refractivity contribution >= 4 is 33.5 Å². The van der Waals surface area contributed by atoms with Crippen molar-refractivity contribution in [2.75, 3.05) is 6.61 Å². The fraction of sp³-hybridized carbons (Fsp3) is 0.412. The first-order valence-corrected chi connectivity index (χ1v) is 8.33. The molecular weight excluding hydrogens is 390 g/mol. The Morgan fingerprint density at radius 3 is 2.56 bits per heavy atom. The molecule has 0 bridgehead atoms. The van der Waals surface area contributed by atoms with Crippen LogP contribution in [0.4, 0.5) is 17.6 Å². The zero-order valence-electron chi connectivity index (χ0n) is 14.4. The molecule has 3 rings (SSSR count). The van der Waals surface area contributed by atoms with Gasteiger partial charge in [-0.25, -0.2) is 14.4 Å². The van der Waals surface area contributed by atoms with Crippen molar-refractivity contribution in [2.45, 2.75) is 38.8 Å². The van der Waals surface area contributed by atoms with E-state index >= 15 is 0 Å². The Labute approximate surface area is 156 Å². The van der Waals surface area contributed by atoms with Gasteiger partial charge < -0.3 is 14.4 Å². The maximum absolute atomic E-state index is 13.6. The summed E-state index contributed by atoms with van der Waals surface area (Å²) < 4.78 is 57.0. The Hall–Kier alpha value is -1.97. The molecule has 1 N–H and O–H groups in total. The molecule has 0 spiro atoms. The van der Waals surface area contributed by atoms with Crippen LogP contribution in [-0.2, 0) is 17.9 Å². The van der Waals surface area contributed by atoms with E-state index in [9.17, 15) is 22.7 Å². The first-order chi connectivity index (χ1) is 12.4. The lowest BCUT2D eigenvalue weighted by atomic mass is 10.1. The zero-order valence-corrected chi connectivity index (χ0v) is 15.2. The van der Waals surface area contributed by atoms with Crippen LogP contribution in [-0.4, -0.2) is 38.0 Å². The van der Waals surface area contributed by atoms with Crippen molar-refractivity contribution in [3.63, 3.8) is 0 Å². The highest BCUT2D eigenvalue weighted by Crippen LogP contribution is 2.31. The Bertz CT molecular complexity index is 996. The summed E-state index contributed by atoms with van der Waals surface area (Å²) in [6.45, 7) is 1.23. The number of ether oxygens (including phenoxy) is 1. The molecule has 146 valence electrons. The number of nitrogens with zero attached hydrogens (tertiary/aromatic N) is 3. The fourth-order valence-electron chi connectivity index (χ4n) is 2.80. The monoisotopic (exact) mass is 405 g/mol. The standard InChI is InChI=1S/C17H16ClF4N3O2/c1-16(2,26)7-25-12(6-27-8-17(20,21)22)24-13-14(25)10-4-3-9(19)5-11(10)23-15(13)18/h3-5,26H,6-8H2,1-2H3. The summed E-state index contributed by atoms with van der Waals surface area (Å²) in [4.78, 5) is 8.36. The summed E-state index contributed by atoms with van der Waals surface area (Å²) in [6, 6.07) is 3.92. The second-order valence-corrected chi connectivity index (χ2v) is 7.15. The lowest BCUT2D eigenvalue weighted by Crippen LogP contribution is -2.27. The predicted molar refractivity (Wildman–Crippen MR) is 92.0 cm³/mol. The topological polar surface area (TPSA) is 60.2 Å². The highest BCUT2D eigenvalue weighted by atomic mass is 35.5. The first kappa shape index (κ1) is 19.8. The van der Waals surface area contributed by atoms with Crippen molar-refractivity contribution in [2.24, 2.45) is 0 Å². The van der Waals surface area contributed by atoms with Gasteiger partial charge in [0.1, 0.15) is 30.4 Å². The minimum atomic E-state index is -4.48. The van der Waals surface area contributed by atoms with E-state index in [1.807, 2.05) is 0 Å². The summed E-state index contributed by atoms with van der Waals surface area (Å²) in [6.07, 6.45) is -4.48. The Kier molecular flexibility index (Phi) is 5.04. The van der Waals surface area contributed by atoms with Gasteiger partial charge in [-0.05, 0) is 26.0 Å². The van der Waals surface area contributed by atoms with E-state index in [-0.39, 0.29) is 28.6 Å². The molecule has 5 nitrogen and oxygen atoms in total. The van der Waals surface area contributed by atoms with E-state index in [1.165, 1.54) is 22.8 Å². The first-order valence-electron chi connectivity index (χ1n) is 7.95. The number of imidazole rings is 1. The Balaban J connectivity index is 2.18. The number of pyridine rings is 1. The molecular formula is C17H16ClF4N3O2. The number of hydrogen-bond donors (Lipinski definition) is 1. The maximum Gasteiger partial charge on any atom is 0.411 e. The third kappa shape index (κ3) is 4.48. The number of aromatic nitrogens is 3. The highest BCUT2D eigenvalue weighted by molar-refractivity contribution is 6.35. The van der Waals surface area contributed by atoms with Gasteiger partial charge in [-0.15, -0.1) is 0 Å². The van der Waals surface area contributed by atoms with Crippen molar-refractivity contribution in [1.82, 2.24) is 14.5 Å². The van der Waals surface area contributed by atoms with Gasteiger partial charge in [0.2, 0.25) is 0 Å². The van der Waals surface area contributed by atoms with Crippen LogP contribution in [0.5, 0.6) is 0 Å². The van der Waals surface area contributed by atoms with Gasteiger partial charge in [0.05, 0.1) is 23.2 Å². The van der Waals surface area contributed by atoms with E-state index in [0.29, 0.717) is 10.9 Å². The Morgan fingerprint density at radius 1 is 1.22 bits per heavy atom. The predicted octanol–water partition coefficient (Wildman–Crippen LogP) is 4.23. The molecule has 10 heteroatoms. The third-order valence-electron chi connectivity index (χ3n) is 3.72. The molecule has 2 heterocycles. The number of aliphatic hydroxyl groups is 1. The minimum absolute atomic E-state index is 0.0149. The number of rotatable bonds is 5. The van der Waals surface area contributed by atoms with Crippen LogP contribution in [0.3, 0.4) is 0 Å². The van der Waals surface area contributed by atoms with Gasteiger partial charge in [0, 0.05) is 11.5 Å². The van der Waals surface area contributed by atoms with Crippen molar-refractivity contribution in [1.29, 1.82) is 0 Å². The smallest absolute Gasteiger partial charge is 0.389 e. The van der Waals surface area contributed by atoms with Crippen molar-refractivity contribution in [3.05, 3.63) is 35.0 Å². The van der Waals surface area contributed by atoms with E-state index in [4.69, 9.17) is 16.3 Å². The van der Waals surface area contributed by atoms with Gasteiger partial charge in [0.25, 0.3) is 0 Å². The van der Waals surface area contributed by atoms with Crippen LogP contribution >= 0.6 is 11.6 Å². The van der Waals surface area contributed by atoms with Crippen LogP contribution in [0, 0.1) is 5.82 Å². The third-order valence-corrected chi connectivity index (χ3v) is 3.98. The fourth-order valence-corrected chi connectivity index (χ4v) is 3.02. The molecule has 0 saturated carbocycles. The number of alkyl halides is 3. The molecule has 0 unspecified atom stereocenters. The number of benzene rings is 1. The summed E-state index contributed by atoms with van der Waals surface area (Å²) in [5, 5.41) is 10.7. The number of fused-ring (bicyclic) bond motifs is 3. The molecule has 0 amide bonds. The second-order valence-electron chi connectivity index (χ2n) is 6.80. The molecule has 0 saturated heterocycles. The van der Waals surface area contributed by atoms with Gasteiger partial charge >= 0.3 is 6.18 Å². The molecule has 0 aliphatic carbocycles. The van der Waals surface area contributed by atoms with E-state index in [2.05, 4.69) is 9.97 Å². The van der Waals surface area contributed by atoms with Crippen LogP contribution in [0.15, 0.2) is 18.2 Å². The minimum Gasteiger partial charge on any atom is -0.389 e. The molecule has 1 aromatic carbocycles. The average Bonchev–Trinajstić information content (AvgIpc) is 2.83. The normalized spacial score (nSPS) is 13.0. The van der Waals surface area contributed by atoms with Gasteiger partial charge in [-0.1, -0.05) is 11.6 Å². The van der Waals surface area contributed by atoms with Crippen molar-refractivity contribution < 1.29 is 27.4 Å². The molecule has 2 aromatic heterocycles. The van der Waals surface area contributed by atoms with E-state index in [0.717, 1.165) is 0 Å². The molecule has 0 radical (unpaired) electrons. The largest absolute Gasteiger partial charge is 0.411 e. The maximum atomic E-state index is 13.6. The average molecular weight is 406 g/mol. The summed E-state index contributed by atoms with van der Waals surface area (Å²) in [7, 11) is 0. The Morgan fingerprint density at radius 2 is 1.93 bits per heavy atom. The van der Waals surface area contributed by atoms with Crippen LogP contribution in [0.1, 0.15) is 19.7 Å². The summed E-state index contributed by atoms with van der Waals surface area (Å²) >= 11 is 6.16. The number of hydrogen-bond acceptors (Lipinski definition) is 4. The summed E-state index contributed by atoms with van der Waals surface area (Å²) in [5.74, 6) is -0.357. The van der Waals surface area contributed by atoms with E-state index < -0.39 is 30.8 Å². The highest BCUT2D eigenvalue weighted by Gasteiger charge is 2.28. The lowest BCUT2D eigenvalue weighted by Gasteiger charge is -2.20. The van der Waals surface area contributed by atoms with E-state index in [1.54, 1.807) is 13.8 Å².